The molecule has 0 unspecified atom stereocenters. The van der Waals surface area contributed by atoms with Crippen molar-refractivity contribution in [2.45, 2.75) is 0 Å². The Morgan fingerprint density at radius 1 is 1.20 bits per heavy atom. The predicted molar refractivity (Wildman–Crippen MR) is 85.0 cm³/mol. The smallest absolute Gasteiger partial charge is 0.0950 e. The summed E-state index contributed by atoms with van der Waals surface area (Å²) in [5, 5.41) is 9.44. The van der Waals surface area contributed by atoms with Crippen molar-refractivity contribution < 1.29 is 0 Å². The Morgan fingerprint density at radius 2 is 1.95 bits per heavy atom. The normalized spacial score (nSPS) is 16.5. The van der Waals surface area contributed by atoms with E-state index in [1.54, 1.807) is 0 Å². The zero-order chi connectivity index (χ0) is 13.9. The van der Waals surface area contributed by atoms with Crippen molar-refractivity contribution in [1.82, 2.24) is 15.1 Å². The van der Waals surface area contributed by atoms with Crippen LogP contribution in [-0.2, 0) is 0 Å². The van der Waals surface area contributed by atoms with Crippen LogP contribution in [0.3, 0.4) is 0 Å². The van der Waals surface area contributed by atoms with E-state index < -0.39 is 0 Å². The first-order valence-electron chi connectivity index (χ1n) is 6.70. The van der Waals surface area contributed by atoms with Crippen LogP contribution in [0, 0.1) is 0 Å². The van der Waals surface area contributed by atoms with E-state index in [2.05, 4.69) is 26.1 Å². The van der Waals surface area contributed by atoms with E-state index in [4.69, 9.17) is 18.0 Å². The molecule has 5 nitrogen and oxygen atoms in total. The molecule has 6 heteroatoms. The summed E-state index contributed by atoms with van der Waals surface area (Å²) in [6.07, 6.45) is 1.85. The van der Waals surface area contributed by atoms with Crippen molar-refractivity contribution in [3.63, 3.8) is 0 Å². The van der Waals surface area contributed by atoms with Crippen LogP contribution in [0.25, 0.3) is 10.9 Å². The van der Waals surface area contributed by atoms with Gasteiger partial charge in [-0.25, -0.2) is 0 Å². The second-order valence-corrected chi connectivity index (χ2v) is 5.50. The largest absolute Gasteiger partial charge is 0.392 e. The maximum absolute atomic E-state index is 5.60. The Bertz CT molecular complexity index is 616. The third-order valence-electron chi connectivity index (χ3n) is 3.62. The fraction of sp³-hybridized carbons (Fsp3) is 0.357. The number of anilines is 1. The highest BCUT2D eigenvalue weighted by molar-refractivity contribution is 7.80. The minimum Gasteiger partial charge on any atom is -0.392 e. The highest BCUT2D eigenvalue weighted by Gasteiger charge is 2.19. The molecule has 1 aliphatic rings. The summed E-state index contributed by atoms with van der Waals surface area (Å²) in [6, 6.07) is 8.12. The van der Waals surface area contributed by atoms with E-state index in [0.29, 0.717) is 11.5 Å². The Labute approximate surface area is 123 Å². The molecule has 0 saturated carbocycles. The van der Waals surface area contributed by atoms with Crippen molar-refractivity contribution in [2.75, 3.05) is 37.6 Å². The zero-order valence-electron chi connectivity index (χ0n) is 11.2. The number of hydrogen-bond donors (Lipinski definition) is 1. The lowest BCUT2D eigenvalue weighted by Gasteiger charge is -2.36. The van der Waals surface area contributed by atoms with E-state index in [1.165, 1.54) is 0 Å². The molecule has 0 aliphatic carbocycles. The Morgan fingerprint density at radius 3 is 2.70 bits per heavy atom. The van der Waals surface area contributed by atoms with Crippen LogP contribution in [0.5, 0.6) is 0 Å². The first-order chi connectivity index (χ1) is 9.74. The van der Waals surface area contributed by atoms with Gasteiger partial charge in [-0.05, 0) is 6.07 Å². The van der Waals surface area contributed by atoms with Gasteiger partial charge in [-0.2, -0.15) is 10.2 Å². The van der Waals surface area contributed by atoms with Gasteiger partial charge in [-0.1, -0.05) is 30.4 Å². The number of aromatic nitrogens is 2. The van der Waals surface area contributed by atoms with Crippen LogP contribution < -0.4 is 10.6 Å². The monoisotopic (exact) mass is 287 g/mol. The molecule has 0 radical (unpaired) electrons. The van der Waals surface area contributed by atoms with Crippen molar-refractivity contribution >= 4 is 33.8 Å². The van der Waals surface area contributed by atoms with Crippen LogP contribution in [0.4, 0.5) is 5.69 Å². The highest BCUT2D eigenvalue weighted by atomic mass is 32.1. The van der Waals surface area contributed by atoms with Crippen LogP contribution in [-0.4, -0.2) is 52.8 Å². The maximum atomic E-state index is 5.60. The molecule has 2 heterocycles. The third-order valence-corrected chi connectivity index (χ3v) is 3.75. The molecule has 1 aliphatic heterocycles. The number of rotatable bonds is 3. The van der Waals surface area contributed by atoms with Gasteiger partial charge in [-0.3, -0.25) is 4.90 Å². The topological polar surface area (TPSA) is 58.3 Å². The van der Waals surface area contributed by atoms with Crippen LogP contribution in [0.15, 0.2) is 30.5 Å². The van der Waals surface area contributed by atoms with E-state index in [9.17, 15) is 0 Å². The van der Waals surface area contributed by atoms with E-state index in [-0.39, 0.29) is 0 Å². The summed E-state index contributed by atoms with van der Waals surface area (Å²) in [5.74, 6) is 0. The van der Waals surface area contributed by atoms with Crippen molar-refractivity contribution in [1.29, 1.82) is 0 Å². The van der Waals surface area contributed by atoms with E-state index in [1.807, 2.05) is 24.4 Å². The number of benzene rings is 1. The van der Waals surface area contributed by atoms with Crippen molar-refractivity contribution in [2.24, 2.45) is 5.73 Å². The summed E-state index contributed by atoms with van der Waals surface area (Å²) in [7, 11) is 0. The van der Waals surface area contributed by atoms with E-state index in [0.717, 1.165) is 42.8 Å². The molecule has 0 spiro atoms. The summed E-state index contributed by atoms with van der Waals surface area (Å²) < 4.78 is 0. The van der Waals surface area contributed by atoms with Crippen LogP contribution >= 0.6 is 12.2 Å². The van der Waals surface area contributed by atoms with Gasteiger partial charge in [0.1, 0.15) is 0 Å². The van der Waals surface area contributed by atoms with Gasteiger partial charge in [0.05, 0.1) is 22.4 Å². The Kier molecular flexibility index (Phi) is 3.75. The lowest BCUT2D eigenvalue weighted by molar-refractivity contribution is 0.292. The standard InChI is InChI=1S/C14H17N5S/c15-14(20)10-18-5-7-19(8-6-18)13-9-16-17-12-4-2-1-3-11(12)13/h1-4,9H,5-8,10H2,(H2,15,20). The molecule has 0 atom stereocenters. The summed E-state index contributed by atoms with van der Waals surface area (Å²) >= 11 is 4.97. The molecule has 3 rings (SSSR count). The summed E-state index contributed by atoms with van der Waals surface area (Å²) in [6.45, 7) is 4.55. The number of nitrogens with zero attached hydrogens (tertiary/aromatic N) is 4. The van der Waals surface area contributed by atoms with Crippen LogP contribution in [0.2, 0.25) is 0 Å². The summed E-state index contributed by atoms with van der Waals surface area (Å²) in [5.41, 5.74) is 7.70. The fourth-order valence-corrected chi connectivity index (χ4v) is 2.79. The second-order valence-electron chi connectivity index (χ2n) is 4.98. The maximum Gasteiger partial charge on any atom is 0.0950 e. The quantitative estimate of drug-likeness (QED) is 0.851. The van der Waals surface area contributed by atoms with E-state index >= 15 is 0 Å². The number of thiocarbonyl (C=S) groups is 1. The molecule has 2 N–H and O–H groups in total. The van der Waals surface area contributed by atoms with Gasteiger partial charge < -0.3 is 10.6 Å². The molecule has 0 amide bonds. The van der Waals surface area contributed by atoms with Gasteiger partial charge in [0.2, 0.25) is 0 Å². The second kappa shape index (κ2) is 5.68. The Balaban J connectivity index is 1.78. The lowest BCUT2D eigenvalue weighted by atomic mass is 10.2. The van der Waals surface area contributed by atoms with Crippen molar-refractivity contribution in [3.05, 3.63) is 30.5 Å². The first-order valence-corrected chi connectivity index (χ1v) is 7.11. The summed E-state index contributed by atoms with van der Waals surface area (Å²) in [4.78, 5) is 5.21. The zero-order valence-corrected chi connectivity index (χ0v) is 12.0. The Hall–Kier alpha value is -1.79. The molecule has 1 aromatic heterocycles. The fourth-order valence-electron chi connectivity index (χ4n) is 2.61. The molecule has 1 saturated heterocycles. The van der Waals surface area contributed by atoms with Gasteiger partial charge in [0.25, 0.3) is 0 Å². The highest BCUT2D eigenvalue weighted by Crippen LogP contribution is 2.24. The number of hydrogen-bond acceptors (Lipinski definition) is 5. The number of nitrogens with two attached hydrogens (primary N) is 1. The van der Waals surface area contributed by atoms with Gasteiger partial charge in [-0.15, -0.1) is 0 Å². The minimum atomic E-state index is 0.564. The predicted octanol–water partition coefficient (Wildman–Crippen LogP) is 1.04. The first kappa shape index (κ1) is 13.2. The third kappa shape index (κ3) is 2.71. The molecule has 20 heavy (non-hydrogen) atoms. The van der Waals surface area contributed by atoms with Gasteiger partial charge >= 0.3 is 0 Å². The molecular weight excluding hydrogens is 270 g/mol. The van der Waals surface area contributed by atoms with Gasteiger partial charge in [0, 0.05) is 38.1 Å². The van der Waals surface area contributed by atoms with Crippen LogP contribution in [0.1, 0.15) is 0 Å². The molecule has 1 aromatic carbocycles. The molecular formula is C14H17N5S. The SMILES string of the molecule is NC(=S)CN1CCN(c2cnnc3ccccc23)CC1. The van der Waals surface area contributed by atoms with Crippen molar-refractivity contribution in [3.8, 4) is 0 Å². The van der Waals surface area contributed by atoms with Gasteiger partial charge in [0.15, 0.2) is 0 Å². The average molecular weight is 287 g/mol. The molecule has 0 bridgehead atoms. The lowest BCUT2D eigenvalue weighted by Crippen LogP contribution is -2.48. The molecule has 104 valence electrons. The molecule has 2 aromatic rings. The number of fused-ring (bicyclic) bond motifs is 1. The minimum absolute atomic E-state index is 0.564. The average Bonchev–Trinajstić information content (AvgIpc) is 2.47. The number of piperazine rings is 1. The molecule has 1 fully saturated rings.